The number of halogens is 1. The first-order valence-electron chi connectivity index (χ1n) is 11.2. The highest BCUT2D eigenvalue weighted by Crippen LogP contribution is 2.42. The molecule has 0 bridgehead atoms. The second-order valence-electron chi connectivity index (χ2n) is 8.54. The van der Waals surface area contributed by atoms with E-state index < -0.39 is 0 Å². The Kier molecular flexibility index (Phi) is 5.03. The molecule has 1 N–H and O–H groups in total. The van der Waals surface area contributed by atoms with Crippen molar-refractivity contribution in [2.75, 3.05) is 0 Å². The maximum Gasteiger partial charge on any atom is 0.265 e. The fourth-order valence-electron chi connectivity index (χ4n) is 4.85. The first kappa shape index (κ1) is 20.8. The Balaban J connectivity index is 1.63. The highest BCUT2D eigenvalue weighted by atomic mass is 79.9. The van der Waals surface area contributed by atoms with Gasteiger partial charge in [-0.15, -0.1) is 0 Å². The molecule has 6 rings (SSSR count). The maximum absolute atomic E-state index is 13.8. The second kappa shape index (κ2) is 8.22. The molecule has 6 heteroatoms. The molecule has 1 atom stereocenters. The number of nitrogens with one attached hydrogen (secondary N) is 1. The minimum absolute atomic E-state index is 0.0681. The number of hydrogen-bond donors (Lipinski definition) is 1. The Morgan fingerprint density at radius 1 is 0.971 bits per heavy atom. The number of H-pyrrole nitrogens is 1. The summed E-state index contributed by atoms with van der Waals surface area (Å²) >= 11 is 3.51. The zero-order valence-corrected chi connectivity index (χ0v) is 20.1. The fraction of sp³-hybridized carbons (Fsp3) is 0.107. The average Bonchev–Trinajstić information content (AvgIpc) is 3.25. The van der Waals surface area contributed by atoms with Crippen LogP contribution in [-0.4, -0.2) is 19.7 Å². The summed E-state index contributed by atoms with van der Waals surface area (Å²) in [6, 6.07) is 25.7. The molecule has 5 nitrogen and oxygen atoms in total. The van der Waals surface area contributed by atoms with E-state index in [0.717, 1.165) is 44.9 Å². The van der Waals surface area contributed by atoms with Crippen molar-refractivity contribution in [2.45, 2.75) is 19.3 Å². The number of aromatic nitrogens is 4. The largest absolute Gasteiger partial charge is 0.282 e. The lowest BCUT2D eigenvalue weighted by Gasteiger charge is -2.26. The maximum atomic E-state index is 13.8. The van der Waals surface area contributed by atoms with Crippen molar-refractivity contribution in [3.8, 4) is 5.69 Å². The molecule has 3 aromatic carbocycles. The molecule has 2 heterocycles. The lowest BCUT2D eigenvalue weighted by atomic mass is 9.82. The highest BCUT2D eigenvalue weighted by molar-refractivity contribution is 9.10. The van der Waals surface area contributed by atoms with Gasteiger partial charge in [0.1, 0.15) is 5.82 Å². The Labute approximate surface area is 204 Å². The summed E-state index contributed by atoms with van der Waals surface area (Å²) in [7, 11) is 0. The van der Waals surface area contributed by atoms with Crippen LogP contribution in [-0.2, 0) is 0 Å². The number of benzene rings is 3. The van der Waals surface area contributed by atoms with Gasteiger partial charge in [0.25, 0.3) is 5.56 Å². The Hall–Kier alpha value is -3.77. The molecule has 0 aliphatic heterocycles. The second-order valence-corrected chi connectivity index (χ2v) is 9.46. The van der Waals surface area contributed by atoms with Gasteiger partial charge < -0.3 is 0 Å². The predicted octanol–water partition coefficient (Wildman–Crippen LogP) is 6.26. The van der Waals surface area contributed by atoms with Crippen molar-refractivity contribution in [1.82, 2.24) is 19.7 Å². The van der Waals surface area contributed by atoms with E-state index in [9.17, 15) is 4.79 Å². The zero-order chi connectivity index (χ0) is 23.2. The molecular formula is C28H21BrN4O. The predicted molar refractivity (Wildman–Crippen MR) is 139 cm³/mol. The van der Waals surface area contributed by atoms with Gasteiger partial charge in [0.15, 0.2) is 0 Å². The van der Waals surface area contributed by atoms with E-state index in [1.165, 1.54) is 5.57 Å². The molecule has 0 fully saturated rings. The van der Waals surface area contributed by atoms with E-state index in [1.807, 2.05) is 73.7 Å². The van der Waals surface area contributed by atoms with Gasteiger partial charge in [-0.25, -0.2) is 4.98 Å². The molecule has 0 radical (unpaired) electrons. The molecule has 0 amide bonds. The van der Waals surface area contributed by atoms with E-state index in [1.54, 1.807) is 4.57 Å². The van der Waals surface area contributed by atoms with E-state index in [4.69, 9.17) is 4.98 Å². The number of nitrogens with zero attached hydrogens (tertiary/aromatic N) is 3. The minimum Gasteiger partial charge on any atom is -0.282 e. The van der Waals surface area contributed by atoms with Crippen LogP contribution < -0.4 is 5.56 Å². The van der Waals surface area contributed by atoms with Crippen molar-refractivity contribution in [1.29, 1.82) is 0 Å². The van der Waals surface area contributed by atoms with Crippen LogP contribution in [0.5, 0.6) is 0 Å². The SMILES string of the molecule is Cc1[nH]nc2c1C(c1nc3ccccc3c(=O)n1-c1ccc(Br)cc1)CC(c1ccccc1)=C2. The molecule has 0 saturated heterocycles. The minimum atomic E-state index is -0.130. The molecule has 0 spiro atoms. The standard InChI is InChI=1S/C28H21BrN4O/c1-17-26-23(15-19(16-25(26)32-31-17)18-7-3-2-4-8-18)27-30-24-10-6-5-9-22(24)28(34)33(27)21-13-11-20(29)12-14-21/h2-14,16,23H,15H2,1H3,(H,31,32). The summed E-state index contributed by atoms with van der Waals surface area (Å²) in [6.07, 6.45) is 2.87. The van der Waals surface area contributed by atoms with Gasteiger partial charge in [-0.05, 0) is 67.0 Å². The molecule has 2 aromatic heterocycles. The zero-order valence-electron chi connectivity index (χ0n) is 18.5. The quantitative estimate of drug-likeness (QED) is 0.313. The van der Waals surface area contributed by atoms with Gasteiger partial charge in [0.05, 0.1) is 28.2 Å². The van der Waals surface area contributed by atoms with E-state index >= 15 is 0 Å². The summed E-state index contributed by atoms with van der Waals surface area (Å²) in [6.45, 7) is 2.03. The molecule has 1 aliphatic rings. The molecule has 34 heavy (non-hydrogen) atoms. The van der Waals surface area contributed by atoms with Gasteiger partial charge in [0, 0.05) is 15.7 Å². The number of para-hydroxylation sites is 1. The summed E-state index contributed by atoms with van der Waals surface area (Å²) in [5, 5.41) is 8.34. The van der Waals surface area contributed by atoms with Gasteiger partial charge >= 0.3 is 0 Å². The number of allylic oxidation sites excluding steroid dienone is 1. The number of aromatic amines is 1. The molecule has 166 valence electrons. The Morgan fingerprint density at radius 2 is 1.71 bits per heavy atom. The van der Waals surface area contributed by atoms with Gasteiger partial charge in [-0.3, -0.25) is 14.5 Å². The van der Waals surface area contributed by atoms with Crippen LogP contribution in [0, 0.1) is 6.92 Å². The van der Waals surface area contributed by atoms with Crippen LogP contribution in [0.4, 0.5) is 0 Å². The monoisotopic (exact) mass is 508 g/mol. The van der Waals surface area contributed by atoms with E-state index in [2.05, 4.69) is 44.3 Å². The third kappa shape index (κ3) is 3.42. The Morgan fingerprint density at radius 3 is 2.50 bits per heavy atom. The molecule has 0 saturated carbocycles. The number of rotatable bonds is 3. The first-order valence-corrected chi connectivity index (χ1v) is 12.0. The molecule has 1 unspecified atom stereocenters. The lowest BCUT2D eigenvalue weighted by Crippen LogP contribution is -2.27. The van der Waals surface area contributed by atoms with Crippen molar-refractivity contribution in [2.24, 2.45) is 0 Å². The number of fused-ring (bicyclic) bond motifs is 2. The first-order chi connectivity index (χ1) is 16.6. The van der Waals surface area contributed by atoms with Crippen LogP contribution in [0.1, 0.15) is 40.7 Å². The summed E-state index contributed by atoms with van der Waals surface area (Å²) in [5.41, 5.74) is 6.74. The average molecular weight is 509 g/mol. The van der Waals surface area contributed by atoms with Crippen LogP contribution >= 0.6 is 15.9 Å². The van der Waals surface area contributed by atoms with Crippen molar-refractivity contribution < 1.29 is 0 Å². The normalized spacial score (nSPS) is 15.2. The van der Waals surface area contributed by atoms with Crippen molar-refractivity contribution >= 4 is 38.5 Å². The Bertz CT molecular complexity index is 1610. The summed E-state index contributed by atoms with van der Waals surface area (Å²) in [4.78, 5) is 18.9. The van der Waals surface area contributed by atoms with Crippen LogP contribution in [0.2, 0.25) is 0 Å². The van der Waals surface area contributed by atoms with Crippen molar-refractivity contribution in [3.63, 3.8) is 0 Å². The third-order valence-electron chi connectivity index (χ3n) is 6.45. The van der Waals surface area contributed by atoms with Crippen LogP contribution in [0.15, 0.2) is 88.1 Å². The highest BCUT2D eigenvalue weighted by Gasteiger charge is 2.31. The number of hydrogen-bond acceptors (Lipinski definition) is 3. The molecular weight excluding hydrogens is 488 g/mol. The molecule has 1 aliphatic carbocycles. The summed E-state index contributed by atoms with van der Waals surface area (Å²) < 4.78 is 2.73. The van der Waals surface area contributed by atoms with Crippen LogP contribution in [0.25, 0.3) is 28.2 Å². The van der Waals surface area contributed by atoms with E-state index in [-0.39, 0.29) is 11.5 Å². The summed E-state index contributed by atoms with van der Waals surface area (Å²) in [5.74, 6) is 0.591. The van der Waals surface area contributed by atoms with Crippen molar-refractivity contribution in [3.05, 3.63) is 122 Å². The topological polar surface area (TPSA) is 63.6 Å². The van der Waals surface area contributed by atoms with Gasteiger partial charge in [-0.2, -0.15) is 5.10 Å². The van der Waals surface area contributed by atoms with Crippen LogP contribution in [0.3, 0.4) is 0 Å². The number of aryl methyl sites for hydroxylation is 1. The van der Waals surface area contributed by atoms with E-state index in [0.29, 0.717) is 10.9 Å². The third-order valence-corrected chi connectivity index (χ3v) is 6.98. The lowest BCUT2D eigenvalue weighted by molar-refractivity contribution is 0.708. The fourth-order valence-corrected chi connectivity index (χ4v) is 5.11. The van der Waals surface area contributed by atoms with Gasteiger partial charge in [0.2, 0.25) is 0 Å². The smallest absolute Gasteiger partial charge is 0.265 e. The molecule has 5 aromatic rings. The van der Waals surface area contributed by atoms with Gasteiger partial charge in [-0.1, -0.05) is 58.4 Å².